The summed E-state index contributed by atoms with van der Waals surface area (Å²) >= 11 is 6.16. The first-order valence-electron chi connectivity index (χ1n) is 9.06. The van der Waals surface area contributed by atoms with Crippen molar-refractivity contribution in [2.45, 2.75) is 6.92 Å². The number of ether oxygens (including phenoxy) is 1. The number of nitrogens with one attached hydrogen (secondary N) is 2. The van der Waals surface area contributed by atoms with Crippen LogP contribution >= 0.6 is 11.6 Å². The lowest BCUT2D eigenvalue weighted by molar-refractivity contribution is 0.0398. The standard InChI is InChI=1S/C19H23ClN6O/c1-12-14(20)11-23-19-17(12)24-18(25-19)13-2-3-15(21)16(10-13)22-4-5-26-6-8-27-9-7-26/h2-3,10-11,22H,4-9,21H2,1H3,(H,23,24,25). The van der Waals surface area contributed by atoms with E-state index in [0.29, 0.717) is 16.4 Å². The average molecular weight is 387 g/mol. The number of H-pyrrole nitrogens is 1. The topological polar surface area (TPSA) is 92.1 Å². The zero-order valence-corrected chi connectivity index (χ0v) is 16.0. The first kappa shape index (κ1) is 18.0. The van der Waals surface area contributed by atoms with E-state index in [9.17, 15) is 0 Å². The number of aromatic nitrogens is 3. The average Bonchev–Trinajstić information content (AvgIpc) is 3.12. The minimum Gasteiger partial charge on any atom is -0.397 e. The Balaban J connectivity index is 1.52. The van der Waals surface area contributed by atoms with Gasteiger partial charge in [-0.3, -0.25) is 4.90 Å². The quantitative estimate of drug-likeness (QED) is 0.584. The van der Waals surface area contributed by atoms with E-state index in [2.05, 4.69) is 25.2 Å². The van der Waals surface area contributed by atoms with Crippen LogP contribution in [0.25, 0.3) is 22.6 Å². The van der Waals surface area contributed by atoms with Crippen LogP contribution in [-0.4, -0.2) is 59.2 Å². The number of rotatable bonds is 5. The number of imidazole rings is 1. The van der Waals surface area contributed by atoms with Crippen LogP contribution in [0, 0.1) is 6.92 Å². The zero-order chi connectivity index (χ0) is 18.8. The number of anilines is 2. The van der Waals surface area contributed by atoms with E-state index in [1.54, 1.807) is 6.20 Å². The number of hydrogen-bond acceptors (Lipinski definition) is 6. The van der Waals surface area contributed by atoms with E-state index in [1.165, 1.54) is 0 Å². The highest BCUT2D eigenvalue weighted by Crippen LogP contribution is 2.29. The summed E-state index contributed by atoms with van der Waals surface area (Å²) in [7, 11) is 0. The maximum atomic E-state index is 6.16. The molecule has 0 unspecified atom stereocenters. The SMILES string of the molecule is Cc1c(Cl)cnc2nc(-c3ccc(N)c(NCCN4CCOCC4)c3)[nH]c12. The number of halogens is 1. The Morgan fingerprint density at radius 3 is 2.96 bits per heavy atom. The number of fused-ring (bicyclic) bond motifs is 1. The van der Waals surface area contributed by atoms with Crippen molar-refractivity contribution in [3.05, 3.63) is 35.0 Å². The highest BCUT2D eigenvalue weighted by molar-refractivity contribution is 6.31. The lowest BCUT2D eigenvalue weighted by Crippen LogP contribution is -2.39. The second kappa shape index (κ2) is 7.72. The molecule has 2 aromatic heterocycles. The minimum atomic E-state index is 0.625. The zero-order valence-electron chi connectivity index (χ0n) is 15.3. The predicted octanol–water partition coefficient (Wildman–Crippen LogP) is 2.91. The van der Waals surface area contributed by atoms with Gasteiger partial charge in [-0.25, -0.2) is 9.97 Å². The fourth-order valence-corrected chi connectivity index (χ4v) is 3.36. The van der Waals surface area contributed by atoms with Gasteiger partial charge < -0.3 is 20.8 Å². The maximum Gasteiger partial charge on any atom is 0.178 e. The van der Waals surface area contributed by atoms with Gasteiger partial charge in [0.2, 0.25) is 0 Å². The van der Waals surface area contributed by atoms with E-state index in [1.807, 2.05) is 25.1 Å². The van der Waals surface area contributed by atoms with Crippen molar-refractivity contribution in [3.8, 4) is 11.4 Å². The summed E-state index contributed by atoms with van der Waals surface area (Å²) in [5, 5.41) is 4.06. The second-order valence-electron chi connectivity index (χ2n) is 6.70. The van der Waals surface area contributed by atoms with Gasteiger partial charge in [-0.05, 0) is 30.7 Å². The largest absolute Gasteiger partial charge is 0.397 e. The first-order valence-corrected chi connectivity index (χ1v) is 9.44. The molecule has 0 saturated carbocycles. The number of hydrogen-bond donors (Lipinski definition) is 3. The van der Waals surface area contributed by atoms with Crippen LogP contribution in [0.5, 0.6) is 0 Å². The van der Waals surface area contributed by atoms with Crippen molar-refractivity contribution in [2.24, 2.45) is 0 Å². The van der Waals surface area contributed by atoms with Crippen LogP contribution in [0.3, 0.4) is 0 Å². The first-order chi connectivity index (χ1) is 13.1. The molecule has 0 spiro atoms. The number of aryl methyl sites for hydroxylation is 1. The summed E-state index contributed by atoms with van der Waals surface area (Å²) in [6.07, 6.45) is 1.63. The van der Waals surface area contributed by atoms with E-state index in [0.717, 1.165) is 67.5 Å². The Hall–Kier alpha value is -2.35. The summed E-state index contributed by atoms with van der Waals surface area (Å²) in [6.45, 7) is 7.30. The number of morpholine rings is 1. The Morgan fingerprint density at radius 1 is 1.33 bits per heavy atom. The Labute approximate surface area is 162 Å². The number of pyridine rings is 1. The van der Waals surface area contributed by atoms with Gasteiger partial charge in [0.15, 0.2) is 5.65 Å². The number of nitrogens with zero attached hydrogens (tertiary/aromatic N) is 3. The fraction of sp³-hybridized carbons (Fsp3) is 0.368. The highest BCUT2D eigenvalue weighted by Gasteiger charge is 2.13. The smallest absolute Gasteiger partial charge is 0.178 e. The normalized spacial score (nSPS) is 15.3. The summed E-state index contributed by atoms with van der Waals surface area (Å²) in [5.74, 6) is 0.749. The van der Waals surface area contributed by atoms with Crippen LogP contribution in [-0.2, 0) is 4.74 Å². The molecule has 0 aliphatic carbocycles. The van der Waals surface area contributed by atoms with Gasteiger partial charge in [-0.2, -0.15) is 0 Å². The molecular weight excluding hydrogens is 364 g/mol. The molecule has 1 fully saturated rings. The number of benzene rings is 1. The molecule has 142 valence electrons. The Kier molecular flexibility index (Phi) is 5.15. The Bertz CT molecular complexity index is 951. The third-order valence-electron chi connectivity index (χ3n) is 4.89. The lowest BCUT2D eigenvalue weighted by atomic mass is 10.1. The fourth-order valence-electron chi connectivity index (χ4n) is 3.22. The maximum absolute atomic E-state index is 6.16. The molecule has 3 heterocycles. The predicted molar refractivity (Wildman–Crippen MR) is 109 cm³/mol. The molecule has 1 aliphatic rings. The molecule has 8 heteroatoms. The van der Waals surface area contributed by atoms with Gasteiger partial charge in [-0.1, -0.05) is 11.6 Å². The molecule has 3 aromatic rings. The number of nitrogen functional groups attached to an aromatic ring is 1. The third kappa shape index (κ3) is 3.85. The lowest BCUT2D eigenvalue weighted by Gasteiger charge is -2.26. The van der Waals surface area contributed by atoms with Crippen LogP contribution in [0.2, 0.25) is 5.02 Å². The molecule has 1 aromatic carbocycles. The van der Waals surface area contributed by atoms with Crippen LogP contribution in [0.4, 0.5) is 11.4 Å². The van der Waals surface area contributed by atoms with Gasteiger partial charge in [0, 0.05) is 37.9 Å². The minimum absolute atomic E-state index is 0.625. The molecule has 27 heavy (non-hydrogen) atoms. The van der Waals surface area contributed by atoms with Crippen molar-refractivity contribution in [2.75, 3.05) is 50.4 Å². The number of nitrogens with two attached hydrogens (primary N) is 1. The van der Waals surface area contributed by atoms with Crippen LogP contribution < -0.4 is 11.1 Å². The van der Waals surface area contributed by atoms with Crippen molar-refractivity contribution in [3.63, 3.8) is 0 Å². The third-order valence-corrected chi connectivity index (χ3v) is 5.27. The van der Waals surface area contributed by atoms with Crippen LogP contribution in [0.1, 0.15) is 5.56 Å². The molecule has 0 amide bonds. The Morgan fingerprint density at radius 2 is 2.15 bits per heavy atom. The molecule has 4 N–H and O–H groups in total. The molecule has 0 atom stereocenters. The van der Waals surface area contributed by atoms with Crippen molar-refractivity contribution in [1.29, 1.82) is 0 Å². The van der Waals surface area contributed by atoms with Crippen LogP contribution in [0.15, 0.2) is 24.4 Å². The van der Waals surface area contributed by atoms with E-state index < -0.39 is 0 Å². The molecule has 0 bridgehead atoms. The summed E-state index contributed by atoms with van der Waals surface area (Å²) in [6, 6.07) is 5.87. The van der Waals surface area contributed by atoms with Crippen molar-refractivity contribution < 1.29 is 4.74 Å². The van der Waals surface area contributed by atoms with Gasteiger partial charge in [-0.15, -0.1) is 0 Å². The van der Waals surface area contributed by atoms with E-state index >= 15 is 0 Å². The monoisotopic (exact) mass is 386 g/mol. The molecule has 0 radical (unpaired) electrons. The molecule has 7 nitrogen and oxygen atoms in total. The molecular formula is C19H23ClN6O. The molecule has 4 rings (SSSR count). The molecule has 1 aliphatic heterocycles. The van der Waals surface area contributed by atoms with Crippen molar-refractivity contribution >= 4 is 34.1 Å². The van der Waals surface area contributed by atoms with Gasteiger partial charge in [0.25, 0.3) is 0 Å². The second-order valence-corrected chi connectivity index (χ2v) is 7.11. The summed E-state index contributed by atoms with van der Waals surface area (Å²) in [5.41, 5.74) is 11.2. The van der Waals surface area contributed by atoms with Gasteiger partial charge in [0.05, 0.1) is 35.1 Å². The van der Waals surface area contributed by atoms with E-state index in [4.69, 9.17) is 22.1 Å². The van der Waals surface area contributed by atoms with Crippen molar-refractivity contribution in [1.82, 2.24) is 19.9 Å². The molecule has 1 saturated heterocycles. The van der Waals surface area contributed by atoms with E-state index in [-0.39, 0.29) is 0 Å². The summed E-state index contributed by atoms with van der Waals surface area (Å²) in [4.78, 5) is 14.6. The highest BCUT2D eigenvalue weighted by atomic mass is 35.5. The number of aromatic amines is 1. The van der Waals surface area contributed by atoms with Gasteiger partial charge in [0.1, 0.15) is 5.82 Å². The summed E-state index contributed by atoms with van der Waals surface area (Å²) < 4.78 is 5.38. The van der Waals surface area contributed by atoms with Gasteiger partial charge >= 0.3 is 0 Å².